The predicted molar refractivity (Wildman–Crippen MR) is 365 cm³/mol. The molecule has 8 unspecified atom stereocenters. The molecule has 0 aliphatic carbocycles. The molecule has 1 rings (SSSR count). The Labute approximate surface area is 533 Å². The number of aliphatic hydroxyl groups excluding tert-OH is 5. The molecule has 0 spiro atoms. The maximum absolute atomic E-state index is 13.5. The van der Waals surface area contributed by atoms with Crippen molar-refractivity contribution in [1.82, 2.24) is 5.32 Å². The number of esters is 1. The highest BCUT2D eigenvalue weighted by molar-refractivity contribution is 5.80. The predicted octanol–water partition coefficient (Wildman–Crippen LogP) is 18.6. The van der Waals surface area contributed by atoms with Gasteiger partial charge >= 0.3 is 5.97 Å². The average molecular weight is 1220 g/mol. The number of ether oxygens (including phenoxy) is 3. The zero-order valence-electron chi connectivity index (χ0n) is 55.9. The van der Waals surface area contributed by atoms with Gasteiger partial charge in [0, 0.05) is 6.42 Å². The second-order valence-electron chi connectivity index (χ2n) is 24.6. The van der Waals surface area contributed by atoms with E-state index in [1.54, 1.807) is 6.08 Å². The smallest absolute Gasteiger partial charge is 0.306 e. The van der Waals surface area contributed by atoms with E-state index >= 15 is 0 Å². The Morgan fingerprint density at radius 3 is 1.21 bits per heavy atom. The Morgan fingerprint density at radius 2 is 0.793 bits per heavy atom. The molecule has 8 atom stereocenters. The van der Waals surface area contributed by atoms with E-state index < -0.39 is 67.4 Å². The zero-order valence-corrected chi connectivity index (χ0v) is 55.9. The first-order chi connectivity index (χ1) is 42.7. The lowest BCUT2D eigenvalue weighted by molar-refractivity contribution is -0.305. The summed E-state index contributed by atoms with van der Waals surface area (Å²) in [6.07, 6.45) is 74.3. The molecule has 11 nitrogen and oxygen atoms in total. The summed E-state index contributed by atoms with van der Waals surface area (Å²) in [7, 11) is 0. The summed E-state index contributed by atoms with van der Waals surface area (Å²) in [5.74, 6) is -1.21. The minimum Gasteiger partial charge on any atom is -0.454 e. The molecule has 0 bridgehead atoms. The number of rotatable bonds is 61. The van der Waals surface area contributed by atoms with Crippen LogP contribution in [0.3, 0.4) is 0 Å². The normalized spacial score (nSPS) is 18.8. The third-order valence-corrected chi connectivity index (χ3v) is 16.5. The molecule has 1 heterocycles. The second kappa shape index (κ2) is 62.8. The van der Waals surface area contributed by atoms with E-state index in [0.717, 1.165) is 122 Å². The summed E-state index contributed by atoms with van der Waals surface area (Å²) in [5, 5.41) is 57.3. The van der Waals surface area contributed by atoms with E-state index in [9.17, 15) is 35.1 Å². The van der Waals surface area contributed by atoms with Gasteiger partial charge in [-0.15, -0.1) is 0 Å². The van der Waals surface area contributed by atoms with Crippen LogP contribution in [0.5, 0.6) is 0 Å². The van der Waals surface area contributed by atoms with Crippen LogP contribution in [0.4, 0.5) is 0 Å². The van der Waals surface area contributed by atoms with Gasteiger partial charge in [0.1, 0.15) is 24.4 Å². The van der Waals surface area contributed by atoms with Crippen molar-refractivity contribution in [2.45, 2.75) is 359 Å². The number of nitrogens with one attached hydrogen (secondary N) is 1. The van der Waals surface area contributed by atoms with Gasteiger partial charge < -0.3 is 45.1 Å². The van der Waals surface area contributed by atoms with Crippen molar-refractivity contribution in [2.24, 2.45) is 0 Å². The number of aliphatic hydroxyl groups is 5. The molecule has 502 valence electrons. The summed E-state index contributed by atoms with van der Waals surface area (Å²) in [6.45, 7) is 5.75. The van der Waals surface area contributed by atoms with Gasteiger partial charge in [-0.3, -0.25) is 9.59 Å². The number of amides is 1. The average Bonchev–Trinajstić information content (AvgIpc) is 2.32. The van der Waals surface area contributed by atoms with Crippen molar-refractivity contribution in [3.05, 3.63) is 97.2 Å². The molecule has 1 fully saturated rings. The van der Waals surface area contributed by atoms with Crippen LogP contribution in [0.2, 0.25) is 0 Å². The maximum atomic E-state index is 13.5. The van der Waals surface area contributed by atoms with E-state index in [1.807, 2.05) is 6.08 Å². The van der Waals surface area contributed by atoms with Crippen molar-refractivity contribution in [1.29, 1.82) is 0 Å². The molecular formula is C76H133NO10. The van der Waals surface area contributed by atoms with Gasteiger partial charge in [0.2, 0.25) is 5.91 Å². The zero-order chi connectivity index (χ0) is 63.1. The third kappa shape index (κ3) is 50.0. The standard InChI is InChI=1S/C76H133NO10/c1-4-7-10-13-16-19-22-25-27-29-31-33-35-37-39-41-43-46-49-52-55-58-61-64-71(81)87-74-73(83)72(82)70(65-78)86-76(74)85-66-67(68(79)62-59-56-53-50-47-44-24-21-18-15-12-9-6-3)77-75(84)69(80)63-60-57-54-51-48-45-42-40-38-36-34-32-30-28-26-23-20-17-14-11-8-5-2/h16-17,19-20,25-28,31-34,37,39,59,62,67-70,72-74,76,78-80,82-83H,4-15,18,21-24,29-30,35-36,38,40-58,60-61,63-66H2,1-3H3,(H,77,84)/b19-16-,20-17-,27-25-,28-26-,33-31-,34-32-,39-37-,62-59+. The van der Waals surface area contributed by atoms with Crippen LogP contribution in [0, 0.1) is 0 Å². The largest absolute Gasteiger partial charge is 0.454 e. The molecule has 1 amide bonds. The van der Waals surface area contributed by atoms with E-state index in [4.69, 9.17) is 14.2 Å². The molecule has 1 aliphatic rings. The monoisotopic (exact) mass is 1220 g/mol. The van der Waals surface area contributed by atoms with Crippen LogP contribution in [0.1, 0.15) is 310 Å². The summed E-state index contributed by atoms with van der Waals surface area (Å²) in [4.78, 5) is 26.7. The fourth-order valence-electron chi connectivity index (χ4n) is 10.8. The van der Waals surface area contributed by atoms with E-state index in [2.05, 4.69) is 111 Å². The molecule has 0 aromatic rings. The molecule has 0 radical (unpaired) electrons. The lowest BCUT2D eigenvalue weighted by atomic mass is 9.99. The molecule has 1 saturated heterocycles. The molecule has 6 N–H and O–H groups in total. The molecule has 11 heteroatoms. The number of allylic oxidation sites excluding steroid dienone is 15. The quantitative estimate of drug-likeness (QED) is 0.0195. The minimum absolute atomic E-state index is 0.107. The van der Waals surface area contributed by atoms with Crippen molar-refractivity contribution in [3.63, 3.8) is 0 Å². The van der Waals surface area contributed by atoms with Gasteiger partial charge in [0.25, 0.3) is 0 Å². The van der Waals surface area contributed by atoms with Crippen molar-refractivity contribution < 1.29 is 49.3 Å². The minimum atomic E-state index is -1.63. The van der Waals surface area contributed by atoms with Crippen molar-refractivity contribution in [3.8, 4) is 0 Å². The lowest BCUT2D eigenvalue weighted by Crippen LogP contribution is -2.61. The number of hydrogen-bond acceptors (Lipinski definition) is 10. The highest BCUT2D eigenvalue weighted by Crippen LogP contribution is 2.26. The van der Waals surface area contributed by atoms with E-state index in [1.165, 1.54) is 141 Å². The Kier molecular flexibility index (Phi) is 58.9. The SMILES string of the molecule is CCCCC/C=C\C/C=C\C/C=C\C/C=C\CCCCCCCCCC(=O)OC1C(OCC(NC(=O)C(O)CCCCCCCCCCC/C=C\C/C=C\C/C=C\CCCCC)C(O)/C=C/CCCCCCCCCCCCC)OC(CO)C(O)C1O. The van der Waals surface area contributed by atoms with Gasteiger partial charge in [-0.1, -0.05) is 291 Å². The number of hydrogen-bond donors (Lipinski definition) is 6. The fraction of sp³-hybridized carbons (Fsp3) is 0.763. The topological polar surface area (TPSA) is 175 Å². The maximum Gasteiger partial charge on any atom is 0.306 e. The molecule has 1 aliphatic heterocycles. The van der Waals surface area contributed by atoms with Crippen LogP contribution < -0.4 is 5.32 Å². The van der Waals surface area contributed by atoms with Crippen LogP contribution in [-0.4, -0.2) is 99.6 Å². The van der Waals surface area contributed by atoms with Crippen molar-refractivity contribution >= 4 is 11.9 Å². The first kappa shape index (κ1) is 81.6. The Morgan fingerprint density at radius 1 is 0.448 bits per heavy atom. The van der Waals surface area contributed by atoms with Gasteiger partial charge in [0.05, 0.1) is 25.4 Å². The fourth-order valence-corrected chi connectivity index (χ4v) is 10.8. The Balaban J connectivity index is 2.61. The first-order valence-electron chi connectivity index (χ1n) is 36.0. The molecule has 0 aromatic carbocycles. The molecule has 87 heavy (non-hydrogen) atoms. The van der Waals surface area contributed by atoms with Crippen LogP contribution in [-0.2, 0) is 23.8 Å². The van der Waals surface area contributed by atoms with E-state index in [-0.39, 0.29) is 19.4 Å². The van der Waals surface area contributed by atoms with Crippen LogP contribution in [0.15, 0.2) is 97.2 Å². The molecular weight excluding hydrogens is 1090 g/mol. The molecule has 0 aromatic heterocycles. The summed E-state index contributed by atoms with van der Waals surface area (Å²) >= 11 is 0. The second-order valence-corrected chi connectivity index (χ2v) is 24.6. The van der Waals surface area contributed by atoms with Crippen molar-refractivity contribution in [2.75, 3.05) is 13.2 Å². The van der Waals surface area contributed by atoms with Gasteiger partial charge in [-0.05, 0) is 109 Å². The molecule has 0 saturated carbocycles. The third-order valence-electron chi connectivity index (χ3n) is 16.5. The highest BCUT2D eigenvalue weighted by atomic mass is 16.7. The van der Waals surface area contributed by atoms with Gasteiger partial charge in [-0.2, -0.15) is 0 Å². The summed E-state index contributed by atoms with van der Waals surface area (Å²) in [5.41, 5.74) is 0. The number of unbranched alkanes of at least 4 members (excludes halogenated alkanes) is 33. The number of carbonyl (C=O) groups is 2. The van der Waals surface area contributed by atoms with Gasteiger partial charge in [0.15, 0.2) is 12.4 Å². The Hall–Kier alpha value is -3.42. The summed E-state index contributed by atoms with van der Waals surface area (Å²) < 4.78 is 17.7. The van der Waals surface area contributed by atoms with Gasteiger partial charge in [-0.25, -0.2) is 0 Å². The Bertz CT molecular complexity index is 1790. The highest BCUT2D eigenvalue weighted by Gasteiger charge is 2.47. The first-order valence-corrected chi connectivity index (χ1v) is 36.0. The van der Waals surface area contributed by atoms with Crippen LogP contribution >= 0.6 is 0 Å². The lowest BCUT2D eigenvalue weighted by Gasteiger charge is -2.41. The number of carbonyl (C=O) groups excluding carboxylic acids is 2. The van der Waals surface area contributed by atoms with Crippen LogP contribution in [0.25, 0.3) is 0 Å². The summed E-state index contributed by atoms with van der Waals surface area (Å²) in [6, 6.07) is -1.04. The van der Waals surface area contributed by atoms with E-state index in [0.29, 0.717) is 12.8 Å².